The second-order valence-electron chi connectivity index (χ2n) is 12.8. The van der Waals surface area contributed by atoms with E-state index in [2.05, 4.69) is 9.88 Å². The number of thiophene rings is 1. The van der Waals surface area contributed by atoms with Gasteiger partial charge in [-0.3, -0.25) is 9.69 Å². The third kappa shape index (κ3) is 4.41. The van der Waals surface area contributed by atoms with Crippen molar-refractivity contribution in [2.24, 2.45) is 17.8 Å². The molecule has 0 bridgehead atoms. The number of aliphatic carboxylic acids is 1. The number of rotatable bonds is 6. The molecule has 9 nitrogen and oxygen atoms in total. The molecular weight excluding hydrogens is 641 g/mol. The van der Waals surface area contributed by atoms with Crippen LogP contribution in [0, 0.1) is 40.7 Å². The number of benzene rings is 2. The molecule has 5 heterocycles. The lowest BCUT2D eigenvalue weighted by atomic mass is 9.95. The van der Waals surface area contributed by atoms with Crippen LogP contribution in [0.1, 0.15) is 31.2 Å². The number of nitrogens with two attached hydrogens (primary N) is 1. The van der Waals surface area contributed by atoms with E-state index in [0.717, 1.165) is 30.7 Å². The van der Waals surface area contributed by atoms with Gasteiger partial charge in [-0.1, -0.05) is 17.7 Å². The number of nitrogen functional groups attached to an aromatic ring is 1. The number of carboxylic acid groups (broad SMARTS) is 1. The van der Waals surface area contributed by atoms with E-state index in [1.807, 2.05) is 11.0 Å². The number of hydrogen-bond donors (Lipinski definition) is 2. The van der Waals surface area contributed by atoms with Crippen molar-refractivity contribution in [3.63, 3.8) is 0 Å². The molecular formula is C32H28ClF3N6O3S. The molecule has 3 N–H and O–H groups in total. The fourth-order valence-electron chi connectivity index (χ4n) is 8.17. The van der Waals surface area contributed by atoms with E-state index < -0.39 is 35.2 Å². The van der Waals surface area contributed by atoms with Gasteiger partial charge in [0.15, 0.2) is 5.82 Å². The molecule has 0 spiro atoms. The fraction of sp³-hybridized carbons (Fsp3) is 0.438. The Labute approximate surface area is 270 Å². The lowest BCUT2D eigenvalue weighted by Gasteiger charge is -2.31. The SMILES string of the molecule is N#Cc1c(N)sc2c(F)ccc(-c3c(Cl)cc4c(N5CC[C@@H]6[C@H](C5)[C@@H]6C(=O)O)nc(OC[C@@]56CCCN5C[C@H](F)C6)nc4c3F)c12. The van der Waals surface area contributed by atoms with Crippen LogP contribution in [-0.4, -0.2) is 70.4 Å². The minimum Gasteiger partial charge on any atom is -0.481 e. The summed E-state index contributed by atoms with van der Waals surface area (Å²) >= 11 is 7.69. The Hall–Kier alpha value is -3.86. The summed E-state index contributed by atoms with van der Waals surface area (Å²) in [5.41, 5.74) is 5.59. The van der Waals surface area contributed by atoms with Gasteiger partial charge in [-0.15, -0.1) is 11.3 Å². The van der Waals surface area contributed by atoms with Crippen molar-refractivity contribution in [1.82, 2.24) is 14.9 Å². The summed E-state index contributed by atoms with van der Waals surface area (Å²) in [5, 5.41) is 20.0. The van der Waals surface area contributed by atoms with Crippen molar-refractivity contribution in [3.05, 3.63) is 40.4 Å². The third-order valence-corrected chi connectivity index (χ3v) is 11.7. The van der Waals surface area contributed by atoms with Crippen LogP contribution in [0.4, 0.5) is 24.0 Å². The summed E-state index contributed by atoms with van der Waals surface area (Å²) in [6.45, 7) is 2.15. The quantitative estimate of drug-likeness (QED) is 0.254. The number of aromatic nitrogens is 2. The van der Waals surface area contributed by atoms with E-state index in [1.165, 1.54) is 12.1 Å². The van der Waals surface area contributed by atoms with Crippen LogP contribution in [-0.2, 0) is 4.79 Å². The number of hydrogen-bond acceptors (Lipinski definition) is 9. The van der Waals surface area contributed by atoms with E-state index in [9.17, 15) is 23.9 Å². The van der Waals surface area contributed by atoms with Gasteiger partial charge in [-0.05, 0) is 55.3 Å². The molecule has 2 aromatic heterocycles. The molecule has 0 amide bonds. The Bertz CT molecular complexity index is 2000. The minimum absolute atomic E-state index is 0.00441. The summed E-state index contributed by atoms with van der Waals surface area (Å²) in [6.07, 6.45) is 1.69. The average Bonchev–Trinajstić information content (AvgIpc) is 3.26. The molecule has 3 saturated heterocycles. The molecule has 14 heteroatoms. The van der Waals surface area contributed by atoms with Crippen LogP contribution >= 0.6 is 22.9 Å². The molecule has 1 saturated carbocycles. The number of fused-ring (bicyclic) bond motifs is 4. The van der Waals surface area contributed by atoms with Crippen molar-refractivity contribution >= 4 is 60.7 Å². The maximum absolute atomic E-state index is 16.9. The number of anilines is 2. The van der Waals surface area contributed by atoms with Crippen molar-refractivity contribution in [2.45, 2.75) is 37.4 Å². The van der Waals surface area contributed by atoms with Crippen molar-refractivity contribution in [1.29, 1.82) is 5.26 Å². The molecule has 0 radical (unpaired) electrons. The predicted molar refractivity (Wildman–Crippen MR) is 168 cm³/mol. The number of ether oxygens (including phenoxy) is 1. The molecule has 5 atom stereocenters. The highest BCUT2D eigenvalue weighted by Gasteiger charge is 2.57. The Morgan fingerprint density at radius 2 is 2.09 bits per heavy atom. The van der Waals surface area contributed by atoms with Crippen LogP contribution in [0.3, 0.4) is 0 Å². The molecule has 0 unspecified atom stereocenters. The van der Waals surface area contributed by atoms with Crippen LogP contribution in [0.2, 0.25) is 5.02 Å². The van der Waals surface area contributed by atoms with E-state index in [-0.39, 0.29) is 66.8 Å². The topological polar surface area (TPSA) is 129 Å². The lowest BCUT2D eigenvalue weighted by Crippen LogP contribution is -2.43. The Morgan fingerprint density at radius 1 is 1.26 bits per heavy atom. The predicted octanol–water partition coefficient (Wildman–Crippen LogP) is 6.01. The summed E-state index contributed by atoms with van der Waals surface area (Å²) in [7, 11) is 0. The van der Waals surface area contributed by atoms with Gasteiger partial charge in [-0.2, -0.15) is 15.2 Å². The van der Waals surface area contributed by atoms with Crippen LogP contribution in [0.5, 0.6) is 6.01 Å². The smallest absolute Gasteiger partial charge is 0.319 e. The zero-order valence-corrected chi connectivity index (χ0v) is 26.0. The summed E-state index contributed by atoms with van der Waals surface area (Å²) < 4.78 is 52.5. The molecule has 238 valence electrons. The van der Waals surface area contributed by atoms with Crippen LogP contribution in [0.25, 0.3) is 32.1 Å². The first-order valence-electron chi connectivity index (χ1n) is 15.2. The van der Waals surface area contributed by atoms with Crippen molar-refractivity contribution in [3.8, 4) is 23.2 Å². The number of halogens is 4. The van der Waals surface area contributed by atoms with Crippen molar-refractivity contribution in [2.75, 3.05) is 43.4 Å². The maximum atomic E-state index is 16.9. The summed E-state index contributed by atoms with van der Waals surface area (Å²) in [5.74, 6) is -2.29. The number of carboxylic acids is 1. The van der Waals surface area contributed by atoms with Gasteiger partial charge >= 0.3 is 12.0 Å². The highest BCUT2D eigenvalue weighted by atomic mass is 35.5. The molecule has 4 fully saturated rings. The first-order valence-corrected chi connectivity index (χ1v) is 16.4. The number of nitrogens with zero attached hydrogens (tertiary/aromatic N) is 5. The lowest BCUT2D eigenvalue weighted by molar-refractivity contribution is -0.139. The Morgan fingerprint density at radius 3 is 2.87 bits per heavy atom. The maximum Gasteiger partial charge on any atom is 0.319 e. The zero-order chi connectivity index (χ0) is 32.1. The number of nitriles is 1. The summed E-state index contributed by atoms with van der Waals surface area (Å²) in [4.78, 5) is 25.0. The van der Waals surface area contributed by atoms with E-state index in [1.54, 1.807) is 6.07 Å². The minimum atomic E-state index is -0.960. The standard InChI is InChI=1S/C32H28ClF3N6O3S/c33-20-8-17-26(25(36)24(20)16-2-3-21(35)27-22(16)18(10-37)28(38)46-27)39-31(45-13-32-5-1-6-42(32)11-14(34)9-32)40-29(17)41-7-4-15-19(12-41)23(15)30(43)44/h2-3,8,14-15,19,23H,1,4-7,9,11-13,38H2,(H,43,44)/t14-,15-,19+,23-,32+/m1/s1. The van der Waals surface area contributed by atoms with Crippen molar-refractivity contribution < 1.29 is 27.8 Å². The Balaban J connectivity index is 1.27. The molecule has 8 rings (SSSR count). The number of alkyl halides is 1. The monoisotopic (exact) mass is 668 g/mol. The van der Waals surface area contributed by atoms with Gasteiger partial charge in [0, 0.05) is 42.4 Å². The highest BCUT2D eigenvalue weighted by Crippen LogP contribution is 2.53. The van der Waals surface area contributed by atoms with E-state index in [0.29, 0.717) is 43.7 Å². The van der Waals surface area contributed by atoms with Crippen LogP contribution in [0.15, 0.2) is 18.2 Å². The largest absolute Gasteiger partial charge is 0.481 e. The summed E-state index contributed by atoms with van der Waals surface area (Å²) in [6, 6.07) is 6.00. The first-order chi connectivity index (χ1) is 22.1. The first kappa shape index (κ1) is 29.5. The average molecular weight is 669 g/mol. The zero-order valence-electron chi connectivity index (χ0n) is 24.4. The van der Waals surface area contributed by atoms with Gasteiger partial charge in [0.2, 0.25) is 0 Å². The number of piperidine rings is 1. The van der Waals surface area contributed by atoms with Gasteiger partial charge in [0.05, 0.1) is 26.7 Å². The van der Waals surface area contributed by atoms with Gasteiger partial charge in [0.1, 0.15) is 41.0 Å². The normalized spacial score (nSPS) is 27.2. The van der Waals surface area contributed by atoms with Gasteiger partial charge in [0.25, 0.3) is 0 Å². The van der Waals surface area contributed by atoms with Crippen LogP contribution < -0.4 is 15.4 Å². The molecule has 4 aliphatic rings. The molecule has 1 aliphatic carbocycles. The number of carbonyl (C=O) groups is 1. The second kappa shape index (κ2) is 10.6. The molecule has 46 heavy (non-hydrogen) atoms. The third-order valence-electron chi connectivity index (χ3n) is 10.4. The molecule has 4 aromatic rings. The van der Waals surface area contributed by atoms with E-state index in [4.69, 9.17) is 27.1 Å². The fourth-order valence-corrected chi connectivity index (χ4v) is 9.41. The van der Waals surface area contributed by atoms with Gasteiger partial charge in [-0.25, -0.2) is 13.2 Å². The van der Waals surface area contributed by atoms with Gasteiger partial charge < -0.3 is 20.5 Å². The van der Waals surface area contributed by atoms with E-state index >= 15 is 4.39 Å². The second-order valence-corrected chi connectivity index (χ2v) is 14.3. The Kier molecular flexibility index (Phi) is 6.80. The molecule has 2 aromatic carbocycles. The highest BCUT2D eigenvalue weighted by molar-refractivity contribution is 7.23. The molecule has 3 aliphatic heterocycles.